The molecule has 0 fully saturated rings. The Hall–Kier alpha value is -4.45. The fourth-order valence-electron chi connectivity index (χ4n) is 7.31. The number of allylic oxidation sites excluding steroid dienone is 22. The minimum absolute atomic E-state index is 0.119. The first kappa shape index (κ1) is 66.6. The van der Waals surface area contributed by atoms with Crippen molar-refractivity contribution in [1.82, 2.24) is 0 Å². The molecule has 6 heteroatoms. The second-order valence-electron chi connectivity index (χ2n) is 18.5. The molecular formula is C65H104O6. The molecule has 0 rings (SSSR count). The third-order valence-corrected chi connectivity index (χ3v) is 11.6. The van der Waals surface area contributed by atoms with Crippen molar-refractivity contribution in [2.75, 3.05) is 13.2 Å². The summed E-state index contributed by atoms with van der Waals surface area (Å²) in [7, 11) is 0. The number of carbonyl (C=O) groups is 3. The van der Waals surface area contributed by atoms with Gasteiger partial charge in [0.05, 0.1) is 0 Å². The maximum atomic E-state index is 12.8. The van der Waals surface area contributed by atoms with Gasteiger partial charge in [0.2, 0.25) is 0 Å². The molecule has 0 bridgehead atoms. The lowest BCUT2D eigenvalue weighted by atomic mass is 10.1. The number of carbonyl (C=O) groups excluding carboxylic acids is 3. The van der Waals surface area contributed by atoms with Gasteiger partial charge in [-0.15, -0.1) is 0 Å². The molecule has 0 aromatic heterocycles. The molecule has 0 aliphatic rings. The Balaban J connectivity index is 4.57. The summed E-state index contributed by atoms with van der Waals surface area (Å²) in [6.07, 6.45) is 81.5. The SMILES string of the molecule is CC/C=C\C/C=C\C/C=C\C/C=C\C/C=C\CCCCCC(=O)OC[C@@H](COC(=O)CCCCCCCCC/C=C\C/C=C\CCCCC)OC(=O)CCC/C=C\C/C=C\C/C=C\C/C=C\CCCCC. The first-order valence-corrected chi connectivity index (χ1v) is 28.7. The van der Waals surface area contributed by atoms with E-state index in [4.69, 9.17) is 14.2 Å². The molecule has 0 aliphatic heterocycles. The number of unbranched alkanes of at least 4 members (excludes halogenated alkanes) is 17. The average Bonchev–Trinajstić information content (AvgIpc) is 3.37. The normalized spacial score (nSPS) is 13.1. The second kappa shape index (κ2) is 58.1. The molecule has 1 atom stereocenters. The zero-order chi connectivity index (χ0) is 51.4. The molecule has 0 heterocycles. The van der Waals surface area contributed by atoms with Gasteiger partial charge in [-0.2, -0.15) is 0 Å². The fourth-order valence-corrected chi connectivity index (χ4v) is 7.31. The van der Waals surface area contributed by atoms with Gasteiger partial charge >= 0.3 is 17.9 Å². The molecule has 0 aromatic carbocycles. The number of ether oxygens (including phenoxy) is 3. The van der Waals surface area contributed by atoms with Crippen molar-refractivity contribution in [3.63, 3.8) is 0 Å². The van der Waals surface area contributed by atoms with Crippen LogP contribution in [0.2, 0.25) is 0 Å². The summed E-state index contributed by atoms with van der Waals surface area (Å²) < 4.78 is 16.8. The highest BCUT2D eigenvalue weighted by Crippen LogP contribution is 2.13. The van der Waals surface area contributed by atoms with Gasteiger partial charge in [-0.1, -0.05) is 219 Å². The Bertz CT molecular complexity index is 1550. The van der Waals surface area contributed by atoms with Gasteiger partial charge in [0, 0.05) is 19.3 Å². The Morgan fingerprint density at radius 2 is 0.563 bits per heavy atom. The van der Waals surface area contributed by atoms with Crippen LogP contribution in [0, 0.1) is 0 Å². The molecule has 0 radical (unpaired) electrons. The van der Waals surface area contributed by atoms with E-state index in [1.165, 1.54) is 77.0 Å². The topological polar surface area (TPSA) is 78.9 Å². The third-order valence-electron chi connectivity index (χ3n) is 11.6. The summed E-state index contributed by atoms with van der Waals surface area (Å²) >= 11 is 0. The number of esters is 3. The molecule has 71 heavy (non-hydrogen) atoms. The van der Waals surface area contributed by atoms with Crippen molar-refractivity contribution < 1.29 is 28.6 Å². The smallest absolute Gasteiger partial charge is 0.306 e. The van der Waals surface area contributed by atoms with Crippen LogP contribution in [0.3, 0.4) is 0 Å². The molecule has 400 valence electrons. The van der Waals surface area contributed by atoms with Gasteiger partial charge in [0.15, 0.2) is 6.10 Å². The van der Waals surface area contributed by atoms with E-state index >= 15 is 0 Å². The lowest BCUT2D eigenvalue weighted by molar-refractivity contribution is -0.167. The van der Waals surface area contributed by atoms with Gasteiger partial charge in [-0.25, -0.2) is 0 Å². The predicted octanol–water partition coefficient (Wildman–Crippen LogP) is 19.4. The van der Waals surface area contributed by atoms with Crippen LogP contribution in [0.15, 0.2) is 134 Å². The lowest BCUT2D eigenvalue weighted by Gasteiger charge is -2.18. The van der Waals surface area contributed by atoms with Crippen molar-refractivity contribution in [1.29, 1.82) is 0 Å². The van der Waals surface area contributed by atoms with Crippen molar-refractivity contribution in [3.05, 3.63) is 134 Å². The molecule has 0 amide bonds. The molecule has 0 saturated carbocycles. The lowest BCUT2D eigenvalue weighted by Crippen LogP contribution is -2.30. The van der Waals surface area contributed by atoms with Crippen LogP contribution < -0.4 is 0 Å². The number of hydrogen-bond donors (Lipinski definition) is 0. The van der Waals surface area contributed by atoms with Crippen LogP contribution in [-0.2, 0) is 28.6 Å². The average molecular weight is 982 g/mol. The van der Waals surface area contributed by atoms with Crippen LogP contribution in [0.5, 0.6) is 0 Å². The molecule has 6 nitrogen and oxygen atoms in total. The van der Waals surface area contributed by atoms with Crippen molar-refractivity contribution in [2.45, 2.75) is 245 Å². The summed E-state index contributed by atoms with van der Waals surface area (Å²) in [5.74, 6) is -1.02. The molecule has 0 aromatic rings. The molecule has 0 spiro atoms. The highest BCUT2D eigenvalue weighted by Gasteiger charge is 2.19. The van der Waals surface area contributed by atoms with Crippen LogP contribution in [-0.4, -0.2) is 37.2 Å². The Morgan fingerprint density at radius 3 is 0.915 bits per heavy atom. The Kier molecular flexibility index (Phi) is 54.5. The van der Waals surface area contributed by atoms with E-state index in [2.05, 4.69) is 154 Å². The van der Waals surface area contributed by atoms with Gasteiger partial charge in [-0.3, -0.25) is 14.4 Å². The minimum atomic E-state index is -0.830. The molecular weight excluding hydrogens is 877 g/mol. The third kappa shape index (κ3) is 56.3. The highest BCUT2D eigenvalue weighted by atomic mass is 16.6. The van der Waals surface area contributed by atoms with E-state index in [0.29, 0.717) is 19.3 Å². The Labute approximate surface area is 436 Å². The zero-order valence-electron chi connectivity index (χ0n) is 45.7. The van der Waals surface area contributed by atoms with E-state index in [9.17, 15) is 14.4 Å². The van der Waals surface area contributed by atoms with Crippen molar-refractivity contribution in [2.24, 2.45) is 0 Å². The van der Waals surface area contributed by atoms with Gasteiger partial charge in [0.25, 0.3) is 0 Å². The number of rotatable bonds is 50. The van der Waals surface area contributed by atoms with Crippen LogP contribution in [0.25, 0.3) is 0 Å². The Morgan fingerprint density at radius 1 is 0.296 bits per heavy atom. The van der Waals surface area contributed by atoms with Gasteiger partial charge in [0.1, 0.15) is 13.2 Å². The van der Waals surface area contributed by atoms with E-state index in [1.54, 1.807) is 0 Å². The maximum Gasteiger partial charge on any atom is 0.306 e. The molecule has 0 N–H and O–H groups in total. The largest absolute Gasteiger partial charge is 0.462 e. The minimum Gasteiger partial charge on any atom is -0.462 e. The van der Waals surface area contributed by atoms with Crippen LogP contribution >= 0.6 is 0 Å². The fraction of sp³-hybridized carbons (Fsp3) is 0.615. The predicted molar refractivity (Wildman–Crippen MR) is 306 cm³/mol. The van der Waals surface area contributed by atoms with E-state index in [-0.39, 0.29) is 37.5 Å². The molecule has 0 unspecified atom stereocenters. The zero-order valence-corrected chi connectivity index (χ0v) is 45.7. The summed E-state index contributed by atoms with van der Waals surface area (Å²) in [4.78, 5) is 38.2. The summed E-state index contributed by atoms with van der Waals surface area (Å²) in [5, 5.41) is 0. The van der Waals surface area contributed by atoms with Gasteiger partial charge < -0.3 is 14.2 Å². The van der Waals surface area contributed by atoms with Crippen molar-refractivity contribution in [3.8, 4) is 0 Å². The van der Waals surface area contributed by atoms with Crippen LogP contribution in [0.4, 0.5) is 0 Å². The van der Waals surface area contributed by atoms with E-state index in [1.807, 2.05) is 0 Å². The van der Waals surface area contributed by atoms with Gasteiger partial charge in [-0.05, 0) is 135 Å². The monoisotopic (exact) mass is 981 g/mol. The van der Waals surface area contributed by atoms with E-state index in [0.717, 1.165) is 116 Å². The quantitative estimate of drug-likeness (QED) is 0.0262. The first-order valence-electron chi connectivity index (χ1n) is 28.7. The molecule has 0 aliphatic carbocycles. The summed E-state index contributed by atoms with van der Waals surface area (Å²) in [6.45, 7) is 6.38. The standard InChI is InChI=1S/C65H104O6/c1-4-7-10-13-16-19-22-25-28-31-32-35-37-40-43-46-49-52-55-58-64(67)70-61-62(71-65(68)59-56-53-50-47-44-41-38-34-30-27-24-21-18-15-12-9-6-3)60-69-63(66)57-54-51-48-45-42-39-36-33-29-26-23-20-17-14-11-8-5-2/h7,10,16-21,25-30,32,35,38,40-41,43,47,50,62H,4-6,8-9,11-15,22-24,31,33-34,36-37,39,42,44-46,48-49,51-61H2,1-3H3/b10-7-,19-16-,20-17-,21-18-,28-25-,29-26-,30-27-,35-32-,41-38-,43-40-,50-47-/t62-/m1/s1. The second-order valence-corrected chi connectivity index (χ2v) is 18.5. The summed E-state index contributed by atoms with van der Waals surface area (Å²) in [6, 6.07) is 0. The van der Waals surface area contributed by atoms with E-state index < -0.39 is 6.10 Å². The highest BCUT2D eigenvalue weighted by molar-refractivity contribution is 5.71. The molecule has 0 saturated heterocycles. The first-order chi connectivity index (χ1) is 35.0. The summed E-state index contributed by atoms with van der Waals surface area (Å²) in [5.41, 5.74) is 0. The maximum absolute atomic E-state index is 12.8. The number of hydrogen-bond acceptors (Lipinski definition) is 6. The van der Waals surface area contributed by atoms with Crippen LogP contribution in [0.1, 0.15) is 239 Å². The van der Waals surface area contributed by atoms with Crippen molar-refractivity contribution >= 4 is 17.9 Å².